The molecule has 0 aromatic heterocycles. The number of hydrogen-bond donors (Lipinski definition) is 1. The first-order chi connectivity index (χ1) is 8.14. The van der Waals surface area contributed by atoms with Gasteiger partial charge in [-0.2, -0.15) is 0 Å². The van der Waals surface area contributed by atoms with Crippen LogP contribution in [0, 0.1) is 5.92 Å². The molecular formula is C15H29NO. The van der Waals surface area contributed by atoms with Gasteiger partial charge in [-0.3, -0.25) is 0 Å². The first-order valence-corrected chi connectivity index (χ1v) is 7.54. The van der Waals surface area contributed by atoms with Crippen LogP contribution < -0.4 is 5.32 Å². The van der Waals surface area contributed by atoms with E-state index >= 15 is 0 Å². The van der Waals surface area contributed by atoms with E-state index in [4.69, 9.17) is 4.74 Å². The van der Waals surface area contributed by atoms with Crippen LogP contribution in [0.15, 0.2) is 0 Å². The molecule has 0 aromatic rings. The summed E-state index contributed by atoms with van der Waals surface area (Å²) in [6.07, 6.45) is 8.86. The fourth-order valence-electron chi connectivity index (χ4n) is 3.58. The molecule has 1 saturated heterocycles. The zero-order chi connectivity index (χ0) is 12.4. The molecular weight excluding hydrogens is 210 g/mol. The Balaban J connectivity index is 2.05. The number of morpholine rings is 1. The van der Waals surface area contributed by atoms with Crippen LogP contribution in [0.25, 0.3) is 0 Å². The maximum atomic E-state index is 6.68. The van der Waals surface area contributed by atoms with Gasteiger partial charge in [-0.1, -0.05) is 40.0 Å². The lowest BCUT2D eigenvalue weighted by Crippen LogP contribution is -2.59. The molecule has 1 saturated carbocycles. The SMILES string of the molecule is CCC(C)CC1(CC)CNCC2(CCCC2)O1. The van der Waals surface area contributed by atoms with Crippen LogP contribution in [0.5, 0.6) is 0 Å². The van der Waals surface area contributed by atoms with Gasteiger partial charge in [0.2, 0.25) is 0 Å². The molecule has 2 atom stereocenters. The lowest BCUT2D eigenvalue weighted by atomic mass is 9.84. The molecule has 2 unspecified atom stereocenters. The summed E-state index contributed by atoms with van der Waals surface area (Å²) in [6, 6.07) is 0. The van der Waals surface area contributed by atoms with Crippen LogP contribution >= 0.6 is 0 Å². The van der Waals surface area contributed by atoms with Crippen LogP contribution in [0.3, 0.4) is 0 Å². The van der Waals surface area contributed by atoms with Gasteiger partial charge in [-0.25, -0.2) is 0 Å². The Morgan fingerprint density at radius 2 is 1.88 bits per heavy atom. The maximum absolute atomic E-state index is 6.68. The fraction of sp³-hybridized carbons (Fsp3) is 1.00. The molecule has 1 aliphatic heterocycles. The Labute approximate surface area is 107 Å². The third-order valence-corrected chi connectivity index (χ3v) is 4.90. The first kappa shape index (κ1) is 13.4. The molecule has 0 radical (unpaired) electrons. The van der Waals surface area contributed by atoms with E-state index in [9.17, 15) is 0 Å². The van der Waals surface area contributed by atoms with E-state index in [2.05, 4.69) is 26.1 Å². The Bertz CT molecular complexity index is 247. The third-order valence-electron chi connectivity index (χ3n) is 4.90. The Morgan fingerprint density at radius 1 is 1.18 bits per heavy atom. The highest BCUT2D eigenvalue weighted by Gasteiger charge is 2.46. The maximum Gasteiger partial charge on any atom is 0.0814 e. The molecule has 17 heavy (non-hydrogen) atoms. The van der Waals surface area contributed by atoms with Crippen molar-refractivity contribution in [3.63, 3.8) is 0 Å². The largest absolute Gasteiger partial charge is 0.366 e. The van der Waals surface area contributed by atoms with E-state index in [-0.39, 0.29) is 11.2 Å². The highest BCUT2D eigenvalue weighted by Crippen LogP contribution is 2.41. The molecule has 1 aliphatic carbocycles. The Kier molecular flexibility index (Phi) is 4.14. The summed E-state index contributed by atoms with van der Waals surface area (Å²) in [7, 11) is 0. The Morgan fingerprint density at radius 3 is 2.47 bits per heavy atom. The van der Waals surface area contributed by atoms with Gasteiger partial charge in [0.1, 0.15) is 0 Å². The van der Waals surface area contributed by atoms with Crippen molar-refractivity contribution in [2.24, 2.45) is 5.92 Å². The smallest absolute Gasteiger partial charge is 0.0814 e. The predicted molar refractivity (Wildman–Crippen MR) is 72.2 cm³/mol. The normalized spacial score (nSPS) is 34.1. The molecule has 100 valence electrons. The summed E-state index contributed by atoms with van der Waals surface area (Å²) in [5.41, 5.74) is 0.291. The summed E-state index contributed by atoms with van der Waals surface area (Å²) in [5, 5.41) is 3.66. The van der Waals surface area contributed by atoms with E-state index in [1.807, 2.05) is 0 Å². The monoisotopic (exact) mass is 239 g/mol. The van der Waals surface area contributed by atoms with Crippen molar-refractivity contribution in [1.82, 2.24) is 5.32 Å². The van der Waals surface area contributed by atoms with Gasteiger partial charge in [-0.05, 0) is 31.6 Å². The molecule has 0 amide bonds. The topological polar surface area (TPSA) is 21.3 Å². The minimum absolute atomic E-state index is 0.109. The van der Waals surface area contributed by atoms with E-state index < -0.39 is 0 Å². The van der Waals surface area contributed by atoms with Gasteiger partial charge < -0.3 is 10.1 Å². The highest BCUT2D eigenvalue weighted by molar-refractivity contribution is 4.99. The van der Waals surface area contributed by atoms with Crippen molar-refractivity contribution in [1.29, 1.82) is 0 Å². The van der Waals surface area contributed by atoms with Gasteiger partial charge in [-0.15, -0.1) is 0 Å². The summed E-state index contributed by atoms with van der Waals surface area (Å²) in [5.74, 6) is 0.772. The van der Waals surface area contributed by atoms with E-state index in [0.29, 0.717) is 0 Å². The van der Waals surface area contributed by atoms with Gasteiger partial charge in [0.25, 0.3) is 0 Å². The minimum atomic E-state index is 0.109. The molecule has 0 aromatic carbocycles. The number of rotatable bonds is 4. The van der Waals surface area contributed by atoms with Gasteiger partial charge >= 0.3 is 0 Å². The van der Waals surface area contributed by atoms with E-state index in [1.165, 1.54) is 38.5 Å². The van der Waals surface area contributed by atoms with Crippen LogP contribution in [-0.4, -0.2) is 24.3 Å². The van der Waals surface area contributed by atoms with Crippen LogP contribution in [-0.2, 0) is 4.74 Å². The molecule has 0 bridgehead atoms. The van der Waals surface area contributed by atoms with Crippen molar-refractivity contribution >= 4 is 0 Å². The average molecular weight is 239 g/mol. The lowest BCUT2D eigenvalue weighted by Gasteiger charge is -2.48. The van der Waals surface area contributed by atoms with E-state index in [1.54, 1.807) is 0 Å². The third kappa shape index (κ3) is 2.85. The van der Waals surface area contributed by atoms with Gasteiger partial charge in [0, 0.05) is 13.1 Å². The molecule has 1 N–H and O–H groups in total. The van der Waals surface area contributed by atoms with E-state index in [0.717, 1.165) is 25.4 Å². The van der Waals surface area contributed by atoms with Crippen molar-refractivity contribution in [3.05, 3.63) is 0 Å². The minimum Gasteiger partial charge on any atom is -0.366 e. The molecule has 1 spiro atoms. The van der Waals surface area contributed by atoms with Gasteiger partial charge in [0.05, 0.1) is 11.2 Å². The lowest BCUT2D eigenvalue weighted by molar-refractivity contribution is -0.184. The number of nitrogens with one attached hydrogen (secondary N) is 1. The van der Waals surface area contributed by atoms with Crippen LogP contribution in [0.2, 0.25) is 0 Å². The average Bonchev–Trinajstić information content (AvgIpc) is 2.77. The zero-order valence-corrected chi connectivity index (χ0v) is 11.8. The zero-order valence-electron chi connectivity index (χ0n) is 11.8. The van der Waals surface area contributed by atoms with Crippen molar-refractivity contribution < 1.29 is 4.74 Å². The number of ether oxygens (including phenoxy) is 1. The predicted octanol–water partition coefficient (Wildman–Crippen LogP) is 3.50. The van der Waals surface area contributed by atoms with Crippen molar-refractivity contribution in [2.45, 2.75) is 76.9 Å². The molecule has 2 heteroatoms. The highest BCUT2D eigenvalue weighted by atomic mass is 16.5. The molecule has 1 heterocycles. The fourth-order valence-corrected chi connectivity index (χ4v) is 3.58. The number of hydrogen-bond acceptors (Lipinski definition) is 2. The Hall–Kier alpha value is -0.0800. The first-order valence-electron chi connectivity index (χ1n) is 7.54. The second-order valence-corrected chi connectivity index (χ2v) is 6.35. The quantitative estimate of drug-likeness (QED) is 0.810. The summed E-state index contributed by atoms with van der Waals surface area (Å²) in [4.78, 5) is 0. The second-order valence-electron chi connectivity index (χ2n) is 6.35. The van der Waals surface area contributed by atoms with Crippen molar-refractivity contribution in [2.75, 3.05) is 13.1 Å². The van der Waals surface area contributed by atoms with Gasteiger partial charge in [0.15, 0.2) is 0 Å². The second kappa shape index (κ2) is 5.27. The molecule has 2 aliphatic rings. The molecule has 2 nitrogen and oxygen atoms in total. The summed E-state index contributed by atoms with van der Waals surface area (Å²) in [6.45, 7) is 9.06. The summed E-state index contributed by atoms with van der Waals surface area (Å²) >= 11 is 0. The summed E-state index contributed by atoms with van der Waals surface area (Å²) < 4.78 is 6.68. The molecule has 2 rings (SSSR count). The molecule has 2 fully saturated rings. The van der Waals surface area contributed by atoms with Crippen LogP contribution in [0.1, 0.15) is 65.7 Å². The standard InChI is InChI=1S/C15H29NO/c1-4-13(3)10-14(5-2)11-16-12-15(17-14)8-6-7-9-15/h13,16H,4-12H2,1-3H3. The van der Waals surface area contributed by atoms with Crippen molar-refractivity contribution in [3.8, 4) is 0 Å². The van der Waals surface area contributed by atoms with Crippen LogP contribution in [0.4, 0.5) is 0 Å².